The number of nitrogens with zero attached hydrogens (tertiary/aromatic N) is 3. The number of carbonyl (C=O) groups excluding carboxylic acids is 2. The average Bonchev–Trinajstić information content (AvgIpc) is 2.97. The lowest BCUT2D eigenvalue weighted by Gasteiger charge is -2.23. The van der Waals surface area contributed by atoms with Crippen LogP contribution in [0.3, 0.4) is 0 Å². The number of benzene rings is 1. The molecule has 2 heterocycles. The fourth-order valence-corrected chi connectivity index (χ4v) is 3.45. The number of likely N-dealkylation sites (tertiary alicyclic amines) is 1. The Hall–Kier alpha value is -2.67. The van der Waals surface area contributed by atoms with Gasteiger partial charge < -0.3 is 20.5 Å². The number of hydrogen-bond donors (Lipinski definition) is 2. The lowest BCUT2D eigenvalue weighted by atomic mass is 10.0. The number of hydrogen-bond acceptors (Lipinski definition) is 4. The molecule has 7 nitrogen and oxygen atoms in total. The fourth-order valence-electron chi connectivity index (χ4n) is 3.45. The van der Waals surface area contributed by atoms with Crippen molar-refractivity contribution in [2.75, 3.05) is 13.1 Å². The molecule has 1 fully saturated rings. The van der Waals surface area contributed by atoms with Gasteiger partial charge in [-0.25, -0.2) is 4.98 Å². The smallest absolute Gasteiger partial charge is 0.225 e. The Morgan fingerprint density at radius 3 is 2.59 bits per heavy atom. The SMILES string of the molecule is CC(=O)N1C[C@@H](N)CC[C@@H](C(=O)NCc2ccc(-n3ccnc3C)cc2)C1. The van der Waals surface area contributed by atoms with Crippen molar-refractivity contribution in [1.82, 2.24) is 19.8 Å². The topological polar surface area (TPSA) is 93.2 Å². The van der Waals surface area contributed by atoms with Crippen molar-refractivity contribution in [2.24, 2.45) is 11.7 Å². The minimum atomic E-state index is -0.213. The van der Waals surface area contributed by atoms with E-state index in [2.05, 4.69) is 10.3 Å². The molecule has 0 bridgehead atoms. The van der Waals surface area contributed by atoms with E-state index in [4.69, 9.17) is 5.73 Å². The van der Waals surface area contributed by atoms with E-state index in [1.807, 2.05) is 42.0 Å². The van der Waals surface area contributed by atoms with Crippen LogP contribution in [0, 0.1) is 12.8 Å². The van der Waals surface area contributed by atoms with E-state index in [1.165, 1.54) is 6.92 Å². The van der Waals surface area contributed by atoms with Crippen LogP contribution in [0.1, 0.15) is 31.2 Å². The molecule has 27 heavy (non-hydrogen) atoms. The van der Waals surface area contributed by atoms with Crippen LogP contribution in [0.4, 0.5) is 0 Å². The summed E-state index contributed by atoms with van der Waals surface area (Å²) >= 11 is 0. The number of nitrogens with one attached hydrogen (secondary N) is 1. The van der Waals surface area contributed by atoms with Gasteiger partial charge in [0, 0.05) is 50.7 Å². The third kappa shape index (κ3) is 4.74. The quantitative estimate of drug-likeness (QED) is 0.851. The highest BCUT2D eigenvalue weighted by Gasteiger charge is 2.28. The highest BCUT2D eigenvalue weighted by molar-refractivity contribution is 5.80. The lowest BCUT2D eigenvalue weighted by molar-refractivity contribution is -0.131. The number of aromatic nitrogens is 2. The van der Waals surface area contributed by atoms with E-state index in [0.717, 1.165) is 23.5 Å². The van der Waals surface area contributed by atoms with Crippen LogP contribution < -0.4 is 11.1 Å². The molecule has 1 aromatic carbocycles. The molecule has 144 valence electrons. The molecule has 1 aliphatic heterocycles. The lowest BCUT2D eigenvalue weighted by Crippen LogP contribution is -2.42. The van der Waals surface area contributed by atoms with Gasteiger partial charge >= 0.3 is 0 Å². The monoisotopic (exact) mass is 369 g/mol. The normalized spacial score (nSPS) is 20.2. The van der Waals surface area contributed by atoms with Gasteiger partial charge in [-0.15, -0.1) is 0 Å². The molecule has 3 N–H and O–H groups in total. The minimum absolute atomic E-state index is 0.0233. The Morgan fingerprint density at radius 2 is 1.96 bits per heavy atom. The molecule has 2 aromatic rings. The summed E-state index contributed by atoms with van der Waals surface area (Å²) in [6.07, 6.45) is 5.15. The van der Waals surface area contributed by atoms with Crippen LogP contribution in [0.5, 0.6) is 0 Å². The van der Waals surface area contributed by atoms with Crippen molar-refractivity contribution >= 4 is 11.8 Å². The molecule has 1 saturated heterocycles. The third-order valence-electron chi connectivity index (χ3n) is 5.10. The average molecular weight is 369 g/mol. The summed E-state index contributed by atoms with van der Waals surface area (Å²) < 4.78 is 2.01. The zero-order valence-electron chi connectivity index (χ0n) is 15.9. The van der Waals surface area contributed by atoms with Crippen LogP contribution in [-0.4, -0.2) is 45.4 Å². The van der Waals surface area contributed by atoms with Crippen molar-refractivity contribution in [1.29, 1.82) is 0 Å². The summed E-state index contributed by atoms with van der Waals surface area (Å²) in [6, 6.07) is 7.96. The van der Waals surface area contributed by atoms with Crippen LogP contribution in [-0.2, 0) is 16.1 Å². The molecule has 2 amide bonds. The van der Waals surface area contributed by atoms with Crippen LogP contribution in [0.2, 0.25) is 0 Å². The maximum atomic E-state index is 12.6. The van der Waals surface area contributed by atoms with Gasteiger partial charge in [-0.05, 0) is 37.5 Å². The first-order valence-electron chi connectivity index (χ1n) is 9.32. The summed E-state index contributed by atoms with van der Waals surface area (Å²) in [5.41, 5.74) is 8.09. The van der Waals surface area contributed by atoms with Crippen LogP contribution in [0.15, 0.2) is 36.7 Å². The molecule has 3 rings (SSSR count). The maximum Gasteiger partial charge on any atom is 0.225 e. The van der Waals surface area contributed by atoms with Gasteiger partial charge in [-0.1, -0.05) is 12.1 Å². The summed E-state index contributed by atoms with van der Waals surface area (Å²) in [5.74, 6) is 0.661. The molecular weight excluding hydrogens is 342 g/mol. The number of amides is 2. The molecular formula is C20H27N5O2. The summed E-state index contributed by atoms with van der Waals surface area (Å²) in [5, 5.41) is 3.00. The van der Waals surface area contributed by atoms with Gasteiger partial charge in [-0.2, -0.15) is 0 Å². The van der Waals surface area contributed by atoms with Gasteiger partial charge in [0.2, 0.25) is 11.8 Å². The second-order valence-electron chi connectivity index (χ2n) is 7.19. The molecule has 0 radical (unpaired) electrons. The molecule has 0 saturated carbocycles. The Morgan fingerprint density at radius 1 is 1.22 bits per heavy atom. The molecule has 0 unspecified atom stereocenters. The van der Waals surface area contributed by atoms with Crippen molar-refractivity contribution in [3.05, 3.63) is 48.0 Å². The van der Waals surface area contributed by atoms with E-state index >= 15 is 0 Å². The second-order valence-corrected chi connectivity index (χ2v) is 7.19. The predicted octanol–water partition coefficient (Wildman–Crippen LogP) is 1.38. The largest absolute Gasteiger partial charge is 0.352 e. The molecule has 1 aliphatic rings. The second kappa shape index (κ2) is 8.35. The Kier molecular flexibility index (Phi) is 5.91. The van der Waals surface area contributed by atoms with Crippen molar-refractivity contribution in [2.45, 2.75) is 39.3 Å². The van der Waals surface area contributed by atoms with Gasteiger partial charge in [-0.3, -0.25) is 9.59 Å². The van der Waals surface area contributed by atoms with Crippen LogP contribution in [0.25, 0.3) is 5.69 Å². The highest BCUT2D eigenvalue weighted by atomic mass is 16.2. The number of rotatable bonds is 4. The standard InChI is InChI=1S/C20H27N5O2/c1-14-22-9-10-25(14)19-7-3-16(4-8-19)11-23-20(27)17-5-6-18(21)13-24(12-17)15(2)26/h3-4,7-10,17-18H,5-6,11-13,21H2,1-2H3,(H,23,27)/t17-,18+/m1/s1. The van der Waals surface area contributed by atoms with Crippen molar-refractivity contribution in [3.8, 4) is 5.69 Å². The molecule has 0 spiro atoms. The third-order valence-corrected chi connectivity index (χ3v) is 5.10. The summed E-state index contributed by atoms with van der Waals surface area (Å²) in [4.78, 5) is 30.2. The zero-order valence-corrected chi connectivity index (χ0v) is 15.9. The van der Waals surface area contributed by atoms with E-state index < -0.39 is 0 Å². The molecule has 1 aromatic heterocycles. The molecule has 7 heteroatoms. The van der Waals surface area contributed by atoms with Gasteiger partial charge in [0.15, 0.2) is 0 Å². The number of carbonyl (C=O) groups is 2. The highest BCUT2D eigenvalue weighted by Crippen LogP contribution is 2.17. The Bertz CT molecular complexity index is 799. The van der Waals surface area contributed by atoms with Crippen molar-refractivity contribution < 1.29 is 9.59 Å². The van der Waals surface area contributed by atoms with E-state index in [9.17, 15) is 9.59 Å². The van der Waals surface area contributed by atoms with Gasteiger partial charge in [0.25, 0.3) is 0 Å². The fraction of sp³-hybridized carbons (Fsp3) is 0.450. The van der Waals surface area contributed by atoms with E-state index in [1.54, 1.807) is 11.1 Å². The molecule has 2 atom stereocenters. The first-order chi connectivity index (χ1) is 12.9. The zero-order chi connectivity index (χ0) is 19.4. The van der Waals surface area contributed by atoms with E-state index in [0.29, 0.717) is 26.1 Å². The Balaban J connectivity index is 1.58. The van der Waals surface area contributed by atoms with Gasteiger partial charge in [0.1, 0.15) is 5.82 Å². The minimum Gasteiger partial charge on any atom is -0.352 e. The summed E-state index contributed by atoms with van der Waals surface area (Å²) in [7, 11) is 0. The van der Waals surface area contributed by atoms with Gasteiger partial charge in [0.05, 0.1) is 5.92 Å². The predicted molar refractivity (Wildman–Crippen MR) is 103 cm³/mol. The molecule has 0 aliphatic carbocycles. The number of nitrogens with two attached hydrogens (primary N) is 1. The Labute approximate surface area is 159 Å². The first-order valence-corrected chi connectivity index (χ1v) is 9.32. The van der Waals surface area contributed by atoms with Crippen LogP contribution >= 0.6 is 0 Å². The van der Waals surface area contributed by atoms with E-state index in [-0.39, 0.29) is 23.8 Å². The first kappa shape index (κ1) is 19.1. The maximum absolute atomic E-state index is 12.6. The number of aryl methyl sites for hydroxylation is 1. The number of imidazole rings is 1. The summed E-state index contributed by atoms with van der Waals surface area (Å²) in [6.45, 7) is 4.90. The van der Waals surface area contributed by atoms with Crippen molar-refractivity contribution in [3.63, 3.8) is 0 Å².